The third-order valence-corrected chi connectivity index (χ3v) is 3.42. The van der Waals surface area contributed by atoms with Crippen LogP contribution >= 0.6 is 0 Å². The van der Waals surface area contributed by atoms with Crippen LogP contribution in [-0.2, 0) is 4.74 Å². The van der Waals surface area contributed by atoms with Crippen molar-refractivity contribution in [2.45, 2.75) is 12.1 Å². The van der Waals surface area contributed by atoms with Gasteiger partial charge in [0.15, 0.2) is 6.10 Å². The van der Waals surface area contributed by atoms with Crippen molar-refractivity contribution in [2.75, 3.05) is 0 Å². The predicted octanol–water partition coefficient (Wildman–Crippen LogP) is 2.68. The Balaban J connectivity index is 2.09. The van der Waals surface area contributed by atoms with Gasteiger partial charge >= 0.3 is 6.09 Å². The maximum atomic E-state index is 11.3. The second kappa shape index (κ2) is 2.55. The van der Waals surface area contributed by atoms with Gasteiger partial charge in [0.2, 0.25) is 0 Å². The Hall–Kier alpha value is -2.03. The molecular weight excluding hydrogens is 202 g/mol. The quantitative estimate of drug-likeness (QED) is 0.727. The van der Waals surface area contributed by atoms with E-state index >= 15 is 0 Å². The van der Waals surface area contributed by atoms with E-state index in [1.165, 1.54) is 16.3 Å². The number of carbonyl (C=O) groups excluding carboxylic acids is 1. The number of amides is 1. The molecule has 2 aromatic carbocycles. The van der Waals surface area contributed by atoms with Crippen molar-refractivity contribution >= 4 is 16.9 Å². The lowest BCUT2D eigenvalue weighted by molar-refractivity contribution is 0.135. The van der Waals surface area contributed by atoms with E-state index in [1.807, 2.05) is 18.2 Å². The average molecular weight is 211 g/mol. The first-order valence-electron chi connectivity index (χ1n) is 5.33. The highest BCUT2D eigenvalue weighted by Crippen LogP contribution is 2.48. The molecule has 0 radical (unpaired) electrons. The fraction of sp³-hybridized carbons (Fsp3) is 0.154. The number of carbonyl (C=O) groups is 1. The Morgan fingerprint density at radius 2 is 1.81 bits per heavy atom. The van der Waals surface area contributed by atoms with Gasteiger partial charge in [-0.15, -0.1) is 0 Å². The predicted molar refractivity (Wildman–Crippen MR) is 59.0 cm³/mol. The summed E-state index contributed by atoms with van der Waals surface area (Å²) in [6, 6.07) is 12.3. The van der Waals surface area contributed by atoms with Crippen molar-refractivity contribution < 1.29 is 9.53 Å². The van der Waals surface area contributed by atoms with Crippen LogP contribution in [-0.4, -0.2) is 6.09 Å². The van der Waals surface area contributed by atoms with Gasteiger partial charge < -0.3 is 10.1 Å². The zero-order valence-corrected chi connectivity index (χ0v) is 8.44. The van der Waals surface area contributed by atoms with Gasteiger partial charge in [-0.05, 0) is 16.3 Å². The number of hydrogen-bond acceptors (Lipinski definition) is 2. The fourth-order valence-electron chi connectivity index (χ4n) is 2.80. The zero-order valence-electron chi connectivity index (χ0n) is 8.44. The molecule has 1 fully saturated rings. The van der Waals surface area contributed by atoms with Gasteiger partial charge in [0.05, 0.1) is 6.04 Å². The molecular formula is C13H9NO2. The lowest BCUT2D eigenvalue weighted by Gasteiger charge is -2.07. The first kappa shape index (κ1) is 8.16. The third-order valence-electron chi connectivity index (χ3n) is 3.42. The summed E-state index contributed by atoms with van der Waals surface area (Å²) < 4.78 is 5.31. The molecule has 2 aromatic rings. The Morgan fingerprint density at radius 3 is 2.62 bits per heavy atom. The SMILES string of the molecule is O=C1N[C@@H]2c3cccc4cccc(c34)[C@H]2O1. The van der Waals surface area contributed by atoms with E-state index in [0.717, 1.165) is 5.56 Å². The van der Waals surface area contributed by atoms with Crippen molar-refractivity contribution in [3.63, 3.8) is 0 Å². The minimum absolute atomic E-state index is 0.00593. The smallest absolute Gasteiger partial charge is 0.408 e. The van der Waals surface area contributed by atoms with E-state index in [-0.39, 0.29) is 18.2 Å². The molecule has 0 aromatic heterocycles. The molecule has 78 valence electrons. The van der Waals surface area contributed by atoms with Crippen molar-refractivity contribution in [3.8, 4) is 0 Å². The van der Waals surface area contributed by atoms with E-state index < -0.39 is 0 Å². The van der Waals surface area contributed by atoms with Crippen LogP contribution in [0.5, 0.6) is 0 Å². The number of rotatable bonds is 0. The molecule has 1 amide bonds. The molecule has 1 heterocycles. The van der Waals surface area contributed by atoms with Gasteiger partial charge in [0, 0.05) is 5.56 Å². The lowest BCUT2D eigenvalue weighted by atomic mass is 10.0. The molecule has 3 heteroatoms. The van der Waals surface area contributed by atoms with Crippen molar-refractivity contribution in [3.05, 3.63) is 47.5 Å². The molecule has 3 nitrogen and oxygen atoms in total. The normalized spacial score (nSPS) is 25.4. The van der Waals surface area contributed by atoms with E-state index in [9.17, 15) is 4.79 Å². The number of ether oxygens (including phenoxy) is 1. The molecule has 1 aliphatic carbocycles. The first-order valence-corrected chi connectivity index (χ1v) is 5.33. The highest BCUT2D eigenvalue weighted by molar-refractivity contribution is 5.93. The van der Waals surface area contributed by atoms with Crippen molar-refractivity contribution in [1.82, 2.24) is 5.32 Å². The van der Waals surface area contributed by atoms with Crippen LogP contribution in [0, 0.1) is 0 Å². The highest BCUT2D eigenvalue weighted by atomic mass is 16.6. The van der Waals surface area contributed by atoms with Crippen LogP contribution in [0.2, 0.25) is 0 Å². The third kappa shape index (κ3) is 0.818. The summed E-state index contributed by atoms with van der Waals surface area (Å²) in [5.41, 5.74) is 2.29. The molecule has 1 aliphatic heterocycles. The van der Waals surface area contributed by atoms with Gasteiger partial charge in [0.25, 0.3) is 0 Å². The highest BCUT2D eigenvalue weighted by Gasteiger charge is 2.42. The Morgan fingerprint density at radius 1 is 1.06 bits per heavy atom. The molecule has 16 heavy (non-hydrogen) atoms. The summed E-state index contributed by atoms with van der Waals surface area (Å²) in [5.74, 6) is 0. The molecule has 1 saturated heterocycles. The van der Waals surface area contributed by atoms with Gasteiger partial charge in [-0.1, -0.05) is 36.4 Å². The van der Waals surface area contributed by atoms with Crippen LogP contribution in [0.4, 0.5) is 4.79 Å². The monoisotopic (exact) mass is 211 g/mol. The molecule has 0 spiro atoms. The Labute approximate surface area is 92.0 Å². The summed E-state index contributed by atoms with van der Waals surface area (Å²) in [4.78, 5) is 11.3. The maximum absolute atomic E-state index is 11.3. The van der Waals surface area contributed by atoms with Gasteiger partial charge in [0.1, 0.15) is 0 Å². The topological polar surface area (TPSA) is 38.3 Å². The summed E-state index contributed by atoms with van der Waals surface area (Å²) in [5, 5.41) is 5.31. The standard InChI is InChI=1S/C13H9NO2/c15-13-14-11-8-5-1-3-7-4-2-6-9(10(7)8)12(11)16-13/h1-6,11-12H,(H,14,15)/t11-,12-/m1/s1. The Bertz CT molecular complexity index is 572. The van der Waals surface area contributed by atoms with Gasteiger partial charge in [-0.25, -0.2) is 4.79 Å². The summed E-state index contributed by atoms with van der Waals surface area (Å²) >= 11 is 0. The van der Waals surface area contributed by atoms with Gasteiger partial charge in [-0.3, -0.25) is 0 Å². The van der Waals surface area contributed by atoms with Crippen LogP contribution in [0.15, 0.2) is 36.4 Å². The van der Waals surface area contributed by atoms with E-state index in [1.54, 1.807) is 0 Å². The minimum atomic E-state index is -0.318. The average Bonchev–Trinajstić information content (AvgIpc) is 2.80. The number of benzene rings is 2. The zero-order chi connectivity index (χ0) is 10.7. The van der Waals surface area contributed by atoms with Crippen molar-refractivity contribution in [2.24, 2.45) is 0 Å². The molecule has 0 bridgehead atoms. The molecule has 4 rings (SSSR count). The van der Waals surface area contributed by atoms with E-state index in [4.69, 9.17) is 4.74 Å². The van der Waals surface area contributed by atoms with Crippen LogP contribution < -0.4 is 5.32 Å². The summed E-state index contributed by atoms with van der Waals surface area (Å²) in [7, 11) is 0. The van der Waals surface area contributed by atoms with Crippen molar-refractivity contribution in [1.29, 1.82) is 0 Å². The second-order valence-electron chi connectivity index (χ2n) is 4.24. The summed E-state index contributed by atoms with van der Waals surface area (Å²) in [6.45, 7) is 0. The Kier molecular flexibility index (Phi) is 1.30. The molecule has 2 atom stereocenters. The number of nitrogens with one attached hydrogen (secondary N) is 1. The number of alkyl carbamates (subject to hydrolysis) is 1. The fourth-order valence-corrected chi connectivity index (χ4v) is 2.80. The summed E-state index contributed by atoms with van der Waals surface area (Å²) in [6.07, 6.45) is -0.463. The molecule has 1 N–H and O–H groups in total. The second-order valence-corrected chi connectivity index (χ2v) is 4.24. The molecule has 2 aliphatic rings. The minimum Gasteiger partial charge on any atom is -0.439 e. The van der Waals surface area contributed by atoms with Crippen LogP contribution in [0.3, 0.4) is 0 Å². The largest absolute Gasteiger partial charge is 0.439 e. The van der Waals surface area contributed by atoms with Crippen LogP contribution in [0.25, 0.3) is 10.8 Å². The maximum Gasteiger partial charge on any atom is 0.408 e. The molecule has 0 unspecified atom stereocenters. The van der Waals surface area contributed by atoms with Crippen LogP contribution in [0.1, 0.15) is 23.3 Å². The number of fused-ring (bicyclic) bond motifs is 3. The molecule has 0 saturated carbocycles. The van der Waals surface area contributed by atoms with Gasteiger partial charge in [-0.2, -0.15) is 0 Å². The van der Waals surface area contributed by atoms with E-state index in [2.05, 4.69) is 23.5 Å². The number of hydrogen-bond donors (Lipinski definition) is 1. The lowest BCUT2D eigenvalue weighted by Crippen LogP contribution is -2.17. The first-order chi connectivity index (χ1) is 7.84. The van der Waals surface area contributed by atoms with E-state index in [0.29, 0.717) is 0 Å².